The third-order valence-electron chi connectivity index (χ3n) is 4.50. The lowest BCUT2D eigenvalue weighted by molar-refractivity contribution is 0.0934. The maximum atomic E-state index is 12.7. The molecule has 1 unspecified atom stereocenters. The van der Waals surface area contributed by atoms with Gasteiger partial charge in [-0.2, -0.15) is 0 Å². The molecule has 12 heteroatoms. The van der Waals surface area contributed by atoms with E-state index in [1.165, 1.54) is 24.8 Å². The van der Waals surface area contributed by atoms with E-state index in [-0.39, 0.29) is 23.7 Å². The number of nitrogens with one attached hydrogen (secondary N) is 2. The summed E-state index contributed by atoms with van der Waals surface area (Å²) in [6, 6.07) is 0.984. The Labute approximate surface area is 211 Å². The van der Waals surface area contributed by atoms with Crippen LogP contribution in [0.3, 0.4) is 0 Å². The van der Waals surface area contributed by atoms with Crippen LogP contribution in [-0.2, 0) is 5.41 Å². The first-order chi connectivity index (χ1) is 16.6. The first-order valence-electron chi connectivity index (χ1n) is 10.6. The summed E-state index contributed by atoms with van der Waals surface area (Å²) in [5, 5.41) is 15.2. The number of anilines is 1. The highest BCUT2D eigenvalue weighted by molar-refractivity contribution is 7.13. The van der Waals surface area contributed by atoms with Gasteiger partial charge in [-0.3, -0.25) is 14.9 Å². The van der Waals surface area contributed by atoms with Crippen molar-refractivity contribution in [2.75, 3.05) is 11.9 Å². The Kier molecular flexibility index (Phi) is 8.45. The summed E-state index contributed by atoms with van der Waals surface area (Å²) < 4.78 is 0. The van der Waals surface area contributed by atoms with Gasteiger partial charge in [-0.15, -0.1) is 11.3 Å². The Hall–Kier alpha value is -3.46. The molecule has 182 valence electrons. The summed E-state index contributed by atoms with van der Waals surface area (Å²) >= 11 is 7.33. The quantitative estimate of drug-likeness (QED) is 0.426. The van der Waals surface area contributed by atoms with Gasteiger partial charge in [-0.1, -0.05) is 38.3 Å². The van der Waals surface area contributed by atoms with E-state index in [1.807, 2.05) is 20.8 Å². The minimum atomic E-state index is -0.479. The second kappa shape index (κ2) is 11.3. The maximum Gasteiger partial charge on any atom is 0.270 e. The number of aliphatic hydroxyl groups is 1. The molecule has 3 aromatic heterocycles. The lowest BCUT2D eigenvalue weighted by atomic mass is 9.92. The van der Waals surface area contributed by atoms with Gasteiger partial charge in [0.1, 0.15) is 27.6 Å². The van der Waals surface area contributed by atoms with Crippen molar-refractivity contribution in [1.82, 2.24) is 30.2 Å². The Balaban J connectivity index is 1.66. The van der Waals surface area contributed by atoms with Gasteiger partial charge in [0.25, 0.3) is 11.8 Å². The van der Waals surface area contributed by atoms with Crippen molar-refractivity contribution in [3.05, 3.63) is 56.8 Å². The molecule has 0 aliphatic rings. The highest BCUT2D eigenvalue weighted by atomic mass is 35.5. The lowest BCUT2D eigenvalue weighted by Gasteiger charge is -2.19. The van der Waals surface area contributed by atoms with Gasteiger partial charge < -0.3 is 10.4 Å². The van der Waals surface area contributed by atoms with Gasteiger partial charge in [0.2, 0.25) is 5.95 Å². The second-order valence-electron chi connectivity index (χ2n) is 8.42. The van der Waals surface area contributed by atoms with E-state index in [1.54, 1.807) is 6.92 Å². The normalized spacial score (nSPS) is 11.8. The average Bonchev–Trinajstić information content (AvgIpc) is 3.31. The number of rotatable bonds is 6. The van der Waals surface area contributed by atoms with Gasteiger partial charge in [0, 0.05) is 17.9 Å². The Morgan fingerprint density at radius 3 is 2.66 bits per heavy atom. The molecule has 0 spiro atoms. The SMILES string of the molecule is CC(NC(=O)c1cc(C#CCCO)ncn1)c1ncc(C(=O)Nc2ncc(Cl)c(C(C)(C)C)n2)s1. The topological polar surface area (TPSA) is 143 Å². The van der Waals surface area contributed by atoms with Crippen molar-refractivity contribution in [3.8, 4) is 11.8 Å². The molecule has 0 aliphatic heterocycles. The molecule has 0 saturated carbocycles. The first-order valence-corrected chi connectivity index (χ1v) is 11.8. The number of halogens is 1. The number of carbonyl (C=O) groups is 2. The fourth-order valence-electron chi connectivity index (χ4n) is 2.80. The van der Waals surface area contributed by atoms with Crippen LogP contribution in [0.5, 0.6) is 0 Å². The van der Waals surface area contributed by atoms with Gasteiger partial charge in [-0.05, 0) is 12.8 Å². The first kappa shape index (κ1) is 26.2. The molecule has 3 heterocycles. The van der Waals surface area contributed by atoms with E-state index >= 15 is 0 Å². The molecule has 10 nitrogen and oxygen atoms in total. The minimum absolute atomic E-state index is 0.0541. The van der Waals surface area contributed by atoms with Crippen molar-refractivity contribution < 1.29 is 14.7 Å². The zero-order valence-electron chi connectivity index (χ0n) is 19.6. The molecule has 0 radical (unpaired) electrons. The standard InChI is InChI=1S/C23H24ClN7O3S/c1-13(29-19(33)16-9-14(27-12-28-16)7-5-6-8-32)21-25-11-17(35-21)20(34)31-22-26-10-15(24)18(30-22)23(2,3)4/h9-13,32H,6,8H2,1-4H3,(H,29,33)(H,26,30,31,34). The summed E-state index contributed by atoms with van der Waals surface area (Å²) in [7, 11) is 0. The Morgan fingerprint density at radius 1 is 1.17 bits per heavy atom. The van der Waals surface area contributed by atoms with Crippen molar-refractivity contribution >= 4 is 40.7 Å². The molecule has 0 bridgehead atoms. The van der Waals surface area contributed by atoms with Crippen LogP contribution in [0.15, 0.2) is 24.8 Å². The van der Waals surface area contributed by atoms with Crippen LogP contribution in [0, 0.1) is 11.8 Å². The van der Waals surface area contributed by atoms with Crippen molar-refractivity contribution in [3.63, 3.8) is 0 Å². The van der Waals surface area contributed by atoms with E-state index in [0.717, 1.165) is 11.3 Å². The number of amides is 2. The number of nitrogens with zero attached hydrogens (tertiary/aromatic N) is 5. The molecule has 2 amide bonds. The molecule has 3 rings (SSSR count). The highest BCUT2D eigenvalue weighted by Gasteiger charge is 2.22. The molecule has 0 fully saturated rings. The molecule has 0 saturated heterocycles. The number of thiazole rings is 1. The molecule has 0 aromatic carbocycles. The maximum absolute atomic E-state index is 12.7. The molecule has 35 heavy (non-hydrogen) atoms. The van der Waals surface area contributed by atoms with Crippen molar-refractivity contribution in [2.24, 2.45) is 0 Å². The smallest absolute Gasteiger partial charge is 0.270 e. The van der Waals surface area contributed by atoms with E-state index in [2.05, 4.69) is 47.4 Å². The monoisotopic (exact) mass is 513 g/mol. The minimum Gasteiger partial charge on any atom is -0.395 e. The van der Waals surface area contributed by atoms with Crippen LogP contribution < -0.4 is 10.6 Å². The lowest BCUT2D eigenvalue weighted by Crippen LogP contribution is -2.27. The van der Waals surface area contributed by atoms with Crippen LogP contribution in [0.4, 0.5) is 5.95 Å². The van der Waals surface area contributed by atoms with E-state index < -0.39 is 17.9 Å². The number of carbonyl (C=O) groups excluding carboxylic acids is 2. The molecule has 1 atom stereocenters. The number of aromatic nitrogens is 5. The number of aliphatic hydroxyl groups excluding tert-OH is 1. The molecule has 3 N–H and O–H groups in total. The predicted octanol–water partition coefficient (Wildman–Crippen LogP) is 3.15. The van der Waals surface area contributed by atoms with Crippen LogP contribution in [0.25, 0.3) is 0 Å². The van der Waals surface area contributed by atoms with Crippen LogP contribution in [0.1, 0.15) is 76.7 Å². The molecular formula is C23H24ClN7O3S. The highest BCUT2D eigenvalue weighted by Crippen LogP contribution is 2.28. The van der Waals surface area contributed by atoms with Crippen LogP contribution in [-0.4, -0.2) is 48.4 Å². The summed E-state index contributed by atoms with van der Waals surface area (Å²) in [5.74, 6) is 4.79. The van der Waals surface area contributed by atoms with E-state index in [0.29, 0.717) is 32.7 Å². The van der Waals surface area contributed by atoms with Crippen LogP contribution in [0.2, 0.25) is 5.02 Å². The molecular weight excluding hydrogens is 490 g/mol. The average molecular weight is 514 g/mol. The Morgan fingerprint density at radius 2 is 1.94 bits per heavy atom. The van der Waals surface area contributed by atoms with E-state index in [9.17, 15) is 9.59 Å². The largest absolute Gasteiger partial charge is 0.395 e. The summed E-state index contributed by atoms with van der Waals surface area (Å²) in [5.41, 5.74) is 0.821. The zero-order valence-corrected chi connectivity index (χ0v) is 21.2. The summed E-state index contributed by atoms with van der Waals surface area (Å²) in [4.78, 5) is 46.3. The third-order valence-corrected chi connectivity index (χ3v) is 5.95. The fourth-order valence-corrected chi connectivity index (χ4v) is 3.99. The van der Waals surface area contributed by atoms with Crippen molar-refractivity contribution in [2.45, 2.75) is 45.6 Å². The zero-order chi connectivity index (χ0) is 25.6. The molecule has 3 aromatic rings. The van der Waals surface area contributed by atoms with Gasteiger partial charge >= 0.3 is 0 Å². The number of hydrogen-bond acceptors (Lipinski definition) is 9. The fraction of sp³-hybridized carbons (Fsp3) is 0.348. The predicted molar refractivity (Wildman–Crippen MR) is 132 cm³/mol. The van der Waals surface area contributed by atoms with E-state index in [4.69, 9.17) is 16.7 Å². The van der Waals surface area contributed by atoms with Crippen LogP contribution >= 0.6 is 22.9 Å². The van der Waals surface area contributed by atoms with Gasteiger partial charge in [-0.25, -0.2) is 24.9 Å². The number of hydrogen-bond donors (Lipinski definition) is 3. The summed E-state index contributed by atoms with van der Waals surface area (Å²) in [6.45, 7) is 7.59. The van der Waals surface area contributed by atoms with Gasteiger partial charge in [0.15, 0.2) is 0 Å². The van der Waals surface area contributed by atoms with Gasteiger partial charge in [0.05, 0.1) is 35.8 Å². The summed E-state index contributed by atoms with van der Waals surface area (Å²) in [6.07, 6.45) is 4.44. The Bertz CT molecular complexity index is 1290. The molecule has 0 aliphatic carbocycles. The second-order valence-corrected chi connectivity index (χ2v) is 9.89. The third kappa shape index (κ3) is 7.02. The van der Waals surface area contributed by atoms with Crippen molar-refractivity contribution in [1.29, 1.82) is 0 Å².